The second-order valence-electron chi connectivity index (χ2n) is 8.43. The molecule has 0 aromatic heterocycles. The SMILES string of the molecule is CC(C)(C)[NH2+]CCCNC(=O)c1ccc(Cl)c(S(=O)(=O)N2CCCCCC2)c1. The number of amides is 1. The van der Waals surface area contributed by atoms with Crippen LogP contribution in [0.15, 0.2) is 23.1 Å². The number of carbonyl (C=O) groups is 1. The van der Waals surface area contributed by atoms with Gasteiger partial charge in [-0.05, 0) is 51.8 Å². The Morgan fingerprint density at radius 2 is 1.82 bits per heavy atom. The van der Waals surface area contributed by atoms with Crippen LogP contribution in [0.25, 0.3) is 0 Å². The monoisotopic (exact) mass is 430 g/mol. The lowest BCUT2D eigenvalue weighted by atomic mass is 10.1. The number of nitrogens with one attached hydrogen (secondary N) is 1. The molecule has 8 heteroatoms. The van der Waals surface area contributed by atoms with Crippen molar-refractivity contribution in [1.82, 2.24) is 9.62 Å². The van der Waals surface area contributed by atoms with Gasteiger partial charge in [0.25, 0.3) is 5.91 Å². The smallest absolute Gasteiger partial charge is 0.251 e. The van der Waals surface area contributed by atoms with Crippen LogP contribution < -0.4 is 10.6 Å². The van der Waals surface area contributed by atoms with E-state index in [-0.39, 0.29) is 21.4 Å². The van der Waals surface area contributed by atoms with Crippen LogP contribution in [0.4, 0.5) is 0 Å². The summed E-state index contributed by atoms with van der Waals surface area (Å²) in [5, 5.41) is 5.25. The van der Waals surface area contributed by atoms with E-state index in [4.69, 9.17) is 11.6 Å². The van der Waals surface area contributed by atoms with Crippen LogP contribution in [-0.2, 0) is 10.0 Å². The van der Waals surface area contributed by atoms with Gasteiger partial charge in [0.15, 0.2) is 0 Å². The van der Waals surface area contributed by atoms with E-state index in [2.05, 4.69) is 31.4 Å². The van der Waals surface area contributed by atoms with Crippen LogP contribution in [0.3, 0.4) is 0 Å². The van der Waals surface area contributed by atoms with Gasteiger partial charge in [0.2, 0.25) is 10.0 Å². The Balaban J connectivity index is 2.04. The molecular formula is C20H33ClN3O3S+. The Bertz CT molecular complexity index is 767. The van der Waals surface area contributed by atoms with Crippen LogP contribution in [0, 0.1) is 0 Å². The molecule has 6 nitrogen and oxygen atoms in total. The maximum absolute atomic E-state index is 13.0. The maximum atomic E-state index is 13.0. The largest absolute Gasteiger partial charge is 0.352 e. The quantitative estimate of drug-likeness (QED) is 0.651. The van der Waals surface area contributed by atoms with Gasteiger partial charge in [-0.2, -0.15) is 4.31 Å². The van der Waals surface area contributed by atoms with E-state index >= 15 is 0 Å². The zero-order chi connectivity index (χ0) is 20.8. The Morgan fingerprint density at radius 1 is 1.18 bits per heavy atom. The average molecular weight is 431 g/mol. The molecule has 0 unspecified atom stereocenters. The van der Waals surface area contributed by atoms with Gasteiger partial charge >= 0.3 is 0 Å². The molecule has 1 fully saturated rings. The van der Waals surface area contributed by atoms with E-state index < -0.39 is 10.0 Å². The molecule has 0 aliphatic carbocycles. The number of nitrogens with two attached hydrogens (primary N) is 1. The van der Waals surface area contributed by atoms with Crippen molar-refractivity contribution in [3.05, 3.63) is 28.8 Å². The molecule has 2 rings (SSSR count). The molecule has 1 aliphatic heterocycles. The van der Waals surface area contributed by atoms with E-state index in [1.165, 1.54) is 16.4 Å². The Morgan fingerprint density at radius 3 is 2.43 bits per heavy atom. The predicted octanol–water partition coefficient (Wildman–Crippen LogP) is 2.39. The van der Waals surface area contributed by atoms with Gasteiger partial charge in [0.1, 0.15) is 4.90 Å². The average Bonchev–Trinajstić information content (AvgIpc) is 2.90. The first kappa shape index (κ1) is 23.1. The molecule has 0 radical (unpaired) electrons. The van der Waals surface area contributed by atoms with Crippen LogP contribution in [0.1, 0.15) is 63.2 Å². The van der Waals surface area contributed by atoms with E-state index in [0.29, 0.717) is 25.2 Å². The van der Waals surface area contributed by atoms with Crippen molar-refractivity contribution in [2.24, 2.45) is 0 Å². The van der Waals surface area contributed by atoms with Crippen LogP contribution in [0.5, 0.6) is 0 Å². The van der Waals surface area contributed by atoms with Gasteiger partial charge in [-0.1, -0.05) is 24.4 Å². The fourth-order valence-electron chi connectivity index (χ4n) is 3.20. The lowest BCUT2D eigenvalue weighted by molar-refractivity contribution is -0.717. The standard InChI is InChI=1S/C20H32ClN3O3S/c1-20(2,3)23-12-8-11-22-19(25)16-9-10-17(21)18(15-16)28(26,27)24-13-6-4-5-7-14-24/h9-10,15,23H,4-8,11-14H2,1-3H3,(H,22,25)/p+1. The summed E-state index contributed by atoms with van der Waals surface area (Å²) >= 11 is 6.19. The van der Waals surface area contributed by atoms with Crippen molar-refractivity contribution in [3.63, 3.8) is 0 Å². The van der Waals surface area contributed by atoms with Gasteiger partial charge in [-0.15, -0.1) is 0 Å². The lowest BCUT2D eigenvalue weighted by Crippen LogP contribution is -2.94. The third-order valence-corrected chi connectivity index (χ3v) is 7.18. The summed E-state index contributed by atoms with van der Waals surface area (Å²) in [5.74, 6) is -0.278. The molecular weight excluding hydrogens is 398 g/mol. The van der Waals surface area contributed by atoms with E-state index in [9.17, 15) is 13.2 Å². The number of rotatable bonds is 7. The number of hydrogen-bond acceptors (Lipinski definition) is 3. The van der Waals surface area contributed by atoms with Crippen molar-refractivity contribution >= 4 is 27.5 Å². The minimum absolute atomic E-state index is 0.0183. The normalized spacial score (nSPS) is 16.6. The van der Waals surface area contributed by atoms with Crippen LogP contribution in [-0.4, -0.2) is 50.3 Å². The lowest BCUT2D eigenvalue weighted by Gasteiger charge is -2.21. The first-order valence-corrected chi connectivity index (χ1v) is 11.9. The summed E-state index contributed by atoms with van der Waals surface area (Å²) in [4.78, 5) is 12.5. The first-order valence-electron chi connectivity index (χ1n) is 10.0. The molecule has 3 N–H and O–H groups in total. The number of benzene rings is 1. The third kappa shape index (κ3) is 6.72. The Labute approximate surface area is 174 Å². The van der Waals surface area contributed by atoms with Crippen molar-refractivity contribution in [2.45, 2.75) is 63.3 Å². The number of carbonyl (C=O) groups excluding carboxylic acids is 1. The molecule has 0 bridgehead atoms. The highest BCUT2D eigenvalue weighted by molar-refractivity contribution is 7.89. The molecule has 0 spiro atoms. The summed E-state index contributed by atoms with van der Waals surface area (Å²) in [5.41, 5.74) is 0.481. The Hall–Kier alpha value is -1.15. The fourth-order valence-corrected chi connectivity index (χ4v) is 5.22. The number of hydrogen-bond donors (Lipinski definition) is 2. The topological polar surface area (TPSA) is 83.1 Å². The summed E-state index contributed by atoms with van der Waals surface area (Å²) in [6.45, 7) is 8.89. The summed E-state index contributed by atoms with van der Waals surface area (Å²) < 4.78 is 27.6. The Kier molecular flexibility index (Phi) is 8.30. The number of nitrogens with zero attached hydrogens (tertiary/aromatic N) is 1. The van der Waals surface area contributed by atoms with Crippen molar-refractivity contribution in [3.8, 4) is 0 Å². The van der Waals surface area contributed by atoms with E-state index in [1.54, 1.807) is 6.07 Å². The molecule has 1 amide bonds. The fraction of sp³-hybridized carbons (Fsp3) is 0.650. The molecule has 158 valence electrons. The zero-order valence-corrected chi connectivity index (χ0v) is 18.7. The van der Waals surface area contributed by atoms with Crippen molar-refractivity contribution in [1.29, 1.82) is 0 Å². The number of quaternary nitrogens is 1. The number of halogens is 1. The van der Waals surface area contributed by atoms with Gasteiger partial charge in [0.05, 0.1) is 17.1 Å². The zero-order valence-electron chi connectivity index (χ0n) is 17.1. The number of sulfonamides is 1. The van der Waals surface area contributed by atoms with E-state index in [0.717, 1.165) is 38.6 Å². The molecule has 1 saturated heterocycles. The molecule has 0 atom stereocenters. The molecule has 1 aromatic rings. The minimum Gasteiger partial charge on any atom is -0.352 e. The second-order valence-corrected chi connectivity index (χ2v) is 10.7. The van der Waals surface area contributed by atoms with Crippen molar-refractivity contribution in [2.75, 3.05) is 26.2 Å². The molecule has 1 aliphatic rings. The summed E-state index contributed by atoms with van der Waals surface area (Å²) in [6.07, 6.45) is 4.62. The molecule has 0 saturated carbocycles. The van der Waals surface area contributed by atoms with Gasteiger partial charge < -0.3 is 10.6 Å². The first-order chi connectivity index (χ1) is 13.1. The van der Waals surface area contributed by atoms with Gasteiger partial charge in [-0.3, -0.25) is 4.79 Å². The van der Waals surface area contributed by atoms with Crippen LogP contribution >= 0.6 is 11.6 Å². The second kappa shape index (κ2) is 10.1. The van der Waals surface area contributed by atoms with Gasteiger partial charge in [0, 0.05) is 31.6 Å². The molecule has 1 aromatic carbocycles. The van der Waals surface area contributed by atoms with Gasteiger partial charge in [-0.25, -0.2) is 8.42 Å². The van der Waals surface area contributed by atoms with Crippen molar-refractivity contribution < 1.29 is 18.5 Å². The van der Waals surface area contributed by atoms with Crippen LogP contribution in [0.2, 0.25) is 5.02 Å². The highest BCUT2D eigenvalue weighted by Crippen LogP contribution is 2.27. The highest BCUT2D eigenvalue weighted by atomic mass is 35.5. The third-order valence-electron chi connectivity index (χ3n) is 4.80. The molecule has 28 heavy (non-hydrogen) atoms. The minimum atomic E-state index is -3.70. The van der Waals surface area contributed by atoms with E-state index in [1.807, 2.05) is 0 Å². The maximum Gasteiger partial charge on any atom is 0.251 e. The summed E-state index contributed by atoms with van der Waals surface area (Å²) in [7, 11) is -3.70. The predicted molar refractivity (Wildman–Crippen MR) is 112 cm³/mol. The molecule has 1 heterocycles. The highest BCUT2D eigenvalue weighted by Gasteiger charge is 2.28. The summed E-state index contributed by atoms with van der Waals surface area (Å²) in [6, 6.07) is 4.47.